The minimum Gasteiger partial charge on any atom is -0.494 e. The highest BCUT2D eigenvalue weighted by Gasteiger charge is 2.37. The summed E-state index contributed by atoms with van der Waals surface area (Å²) in [5.74, 6) is 1.88. The number of hydrogen-bond donors (Lipinski definition) is 0. The molecule has 10 heteroatoms. The van der Waals surface area contributed by atoms with Gasteiger partial charge < -0.3 is 14.2 Å². The van der Waals surface area contributed by atoms with E-state index in [-0.39, 0.29) is 24.0 Å². The number of unbranched alkanes of at least 4 members (excludes halogenated alkanes) is 3. The summed E-state index contributed by atoms with van der Waals surface area (Å²) in [5.41, 5.74) is -3.57. The third kappa shape index (κ3) is 9.75. The molecule has 2 aromatic rings. The molecule has 0 aromatic heterocycles. The van der Waals surface area contributed by atoms with Crippen molar-refractivity contribution in [2.45, 2.75) is 51.1 Å². The first-order valence-corrected chi connectivity index (χ1v) is 11.3. The Balaban J connectivity index is 2.23. The van der Waals surface area contributed by atoms with Crippen LogP contribution in [0.15, 0.2) is 49.1 Å². The van der Waals surface area contributed by atoms with E-state index >= 15 is 0 Å². The van der Waals surface area contributed by atoms with Crippen molar-refractivity contribution in [1.29, 1.82) is 0 Å². The van der Waals surface area contributed by atoms with Crippen LogP contribution < -0.4 is 9.47 Å². The van der Waals surface area contributed by atoms with Gasteiger partial charge in [-0.05, 0) is 67.6 Å². The Morgan fingerprint density at radius 2 is 1.57 bits per heavy atom. The molecule has 37 heavy (non-hydrogen) atoms. The molecule has 0 N–H and O–H groups in total. The van der Waals surface area contributed by atoms with Gasteiger partial charge in [0.15, 0.2) is 0 Å². The van der Waals surface area contributed by atoms with E-state index < -0.39 is 41.6 Å². The molecule has 4 nitrogen and oxygen atoms in total. The highest BCUT2D eigenvalue weighted by Crippen LogP contribution is 2.36. The maximum Gasteiger partial charge on any atom is 0.416 e. The first-order chi connectivity index (χ1) is 17.5. The average Bonchev–Trinajstić information content (AvgIpc) is 2.84. The average molecular weight is 528 g/mol. The lowest BCUT2D eigenvalue weighted by Crippen LogP contribution is -2.13. The monoisotopic (exact) mass is 528 g/mol. The summed E-state index contributed by atoms with van der Waals surface area (Å²) >= 11 is 0. The van der Waals surface area contributed by atoms with Gasteiger partial charge in [-0.25, -0.2) is 4.79 Å². The smallest absolute Gasteiger partial charge is 0.416 e. The number of halogens is 6. The van der Waals surface area contributed by atoms with Crippen molar-refractivity contribution >= 4 is 5.97 Å². The quantitative estimate of drug-likeness (QED) is 0.0883. The van der Waals surface area contributed by atoms with Crippen LogP contribution in [0.5, 0.6) is 11.5 Å². The van der Waals surface area contributed by atoms with Crippen LogP contribution >= 0.6 is 0 Å². The van der Waals surface area contributed by atoms with Crippen molar-refractivity contribution in [3.05, 3.63) is 71.3 Å². The van der Waals surface area contributed by atoms with Crippen LogP contribution in [0.3, 0.4) is 0 Å². The number of hydrogen-bond acceptors (Lipinski definition) is 4. The largest absolute Gasteiger partial charge is 0.494 e. The normalized spacial score (nSPS) is 11.5. The molecule has 0 unspecified atom stereocenters. The Bertz CT molecular complexity index is 1070. The van der Waals surface area contributed by atoms with Gasteiger partial charge in [-0.15, -0.1) is 18.9 Å². The standard InChI is InChI=1S/C27H26F6O4/c1-3-5-7-9-12-35-22-10-11-24(36-13-8-6-4-2)23(17-22)25(34)37-18-19-14-20(26(28,29)30)16-21(15-19)27(31,32)33/h2-3,10-11,14-17H,1,5-9,12-13,18H2. The Hall–Kier alpha value is -3.61. The van der Waals surface area contributed by atoms with E-state index in [1.165, 1.54) is 12.1 Å². The second-order valence-electron chi connectivity index (χ2n) is 7.94. The fourth-order valence-electron chi connectivity index (χ4n) is 3.15. The molecule has 200 valence electrons. The van der Waals surface area contributed by atoms with Crippen molar-refractivity contribution < 1.29 is 45.3 Å². The number of carbonyl (C=O) groups is 1. The molecule has 0 saturated carbocycles. The van der Waals surface area contributed by atoms with Gasteiger partial charge in [0.25, 0.3) is 0 Å². The Kier molecular flexibility index (Phi) is 10.9. The first kappa shape index (κ1) is 29.6. The van der Waals surface area contributed by atoms with E-state index in [9.17, 15) is 31.1 Å². The number of carbonyl (C=O) groups excluding carboxylic acids is 1. The van der Waals surface area contributed by atoms with Crippen LogP contribution in [-0.4, -0.2) is 19.2 Å². The molecule has 0 radical (unpaired) electrons. The van der Waals surface area contributed by atoms with Gasteiger partial charge in [0.1, 0.15) is 23.7 Å². The second kappa shape index (κ2) is 13.6. The molecular weight excluding hydrogens is 502 g/mol. The third-order valence-electron chi connectivity index (χ3n) is 4.98. The van der Waals surface area contributed by atoms with Gasteiger partial charge in [-0.1, -0.05) is 6.08 Å². The van der Waals surface area contributed by atoms with Gasteiger partial charge >= 0.3 is 18.3 Å². The maximum atomic E-state index is 13.1. The number of alkyl halides is 6. The summed E-state index contributed by atoms with van der Waals surface area (Å²) < 4.78 is 95.0. The zero-order valence-electron chi connectivity index (χ0n) is 19.9. The van der Waals surface area contributed by atoms with E-state index in [0.29, 0.717) is 37.3 Å². The van der Waals surface area contributed by atoms with Crippen molar-refractivity contribution in [3.63, 3.8) is 0 Å². The Labute approximate surface area is 211 Å². The molecule has 0 spiro atoms. The number of allylic oxidation sites excluding steroid dienone is 1. The van der Waals surface area contributed by atoms with Gasteiger partial charge in [0, 0.05) is 6.42 Å². The lowest BCUT2D eigenvalue weighted by molar-refractivity contribution is -0.143. The second-order valence-corrected chi connectivity index (χ2v) is 7.94. The molecule has 0 bridgehead atoms. The van der Waals surface area contributed by atoms with Crippen molar-refractivity contribution in [1.82, 2.24) is 0 Å². The molecule has 0 aliphatic rings. The van der Waals surface area contributed by atoms with Crippen molar-refractivity contribution in [2.24, 2.45) is 0 Å². The molecule has 0 atom stereocenters. The summed E-state index contributed by atoms with van der Waals surface area (Å²) in [6.45, 7) is 3.35. The minimum absolute atomic E-state index is 0.00330. The Morgan fingerprint density at radius 1 is 0.919 bits per heavy atom. The van der Waals surface area contributed by atoms with Crippen LogP contribution in [-0.2, 0) is 23.7 Å². The predicted octanol–water partition coefficient (Wildman–Crippen LogP) is 7.61. The maximum absolute atomic E-state index is 13.1. The van der Waals surface area contributed by atoms with Crippen LogP contribution in [0.2, 0.25) is 0 Å². The molecule has 2 aromatic carbocycles. The SMILES string of the molecule is C#CCCCOc1ccc(OCCCCC=C)cc1C(=O)OCc1cc(C(F)(F)F)cc(C(F)(F)F)c1. The number of ether oxygens (including phenoxy) is 3. The molecule has 0 fully saturated rings. The molecule has 0 heterocycles. The van der Waals surface area contributed by atoms with E-state index in [0.717, 1.165) is 19.3 Å². The predicted molar refractivity (Wildman–Crippen MR) is 125 cm³/mol. The summed E-state index contributed by atoms with van der Waals surface area (Å²) in [7, 11) is 0. The zero-order valence-corrected chi connectivity index (χ0v) is 19.9. The van der Waals surface area contributed by atoms with Gasteiger partial charge in [0.05, 0.1) is 24.3 Å². The zero-order chi connectivity index (χ0) is 27.5. The topological polar surface area (TPSA) is 44.8 Å². The van der Waals surface area contributed by atoms with Crippen LogP contribution in [0.25, 0.3) is 0 Å². The summed E-state index contributed by atoms with van der Waals surface area (Å²) in [6, 6.07) is 5.40. The number of terminal acetylenes is 1. The van der Waals surface area contributed by atoms with E-state index in [2.05, 4.69) is 12.5 Å². The van der Waals surface area contributed by atoms with Crippen molar-refractivity contribution in [2.75, 3.05) is 13.2 Å². The highest BCUT2D eigenvalue weighted by atomic mass is 19.4. The molecule has 2 rings (SSSR count). The summed E-state index contributed by atoms with van der Waals surface area (Å²) in [6.07, 6.45) is 0.285. The molecule has 0 aliphatic heterocycles. The first-order valence-electron chi connectivity index (χ1n) is 11.3. The van der Waals surface area contributed by atoms with E-state index in [1.807, 2.05) is 0 Å². The minimum atomic E-state index is -5.02. The molecule has 0 amide bonds. The number of benzene rings is 2. The van der Waals surface area contributed by atoms with E-state index in [1.54, 1.807) is 12.1 Å². The van der Waals surface area contributed by atoms with Crippen LogP contribution in [0.4, 0.5) is 26.3 Å². The lowest BCUT2D eigenvalue weighted by Gasteiger charge is -2.15. The highest BCUT2D eigenvalue weighted by molar-refractivity contribution is 5.93. The van der Waals surface area contributed by atoms with Crippen molar-refractivity contribution in [3.8, 4) is 23.8 Å². The summed E-state index contributed by atoms with van der Waals surface area (Å²) in [4.78, 5) is 12.8. The molecular formula is C27H26F6O4. The third-order valence-corrected chi connectivity index (χ3v) is 4.98. The number of esters is 1. The molecule has 0 aliphatic carbocycles. The molecule has 0 saturated heterocycles. The Morgan fingerprint density at radius 3 is 2.16 bits per heavy atom. The fraction of sp³-hybridized carbons (Fsp3) is 0.370. The fourth-order valence-corrected chi connectivity index (χ4v) is 3.15. The van der Waals surface area contributed by atoms with Crippen LogP contribution in [0, 0.1) is 12.3 Å². The number of rotatable bonds is 13. The van der Waals surface area contributed by atoms with Gasteiger partial charge in [-0.2, -0.15) is 26.3 Å². The van der Waals surface area contributed by atoms with Gasteiger partial charge in [-0.3, -0.25) is 0 Å². The lowest BCUT2D eigenvalue weighted by atomic mass is 10.1. The van der Waals surface area contributed by atoms with Gasteiger partial charge in [0.2, 0.25) is 0 Å². The summed E-state index contributed by atoms with van der Waals surface area (Å²) in [5, 5.41) is 0. The van der Waals surface area contributed by atoms with E-state index in [4.69, 9.17) is 20.6 Å². The van der Waals surface area contributed by atoms with Crippen LogP contribution in [0.1, 0.15) is 59.2 Å².